The van der Waals surface area contributed by atoms with Crippen molar-refractivity contribution in [1.29, 1.82) is 0 Å². The molecule has 0 radical (unpaired) electrons. The number of hydrogen-bond donors (Lipinski definition) is 1. The van der Waals surface area contributed by atoms with Crippen molar-refractivity contribution >= 4 is 11.8 Å². The molecule has 0 bridgehead atoms. The monoisotopic (exact) mass is 161 g/mol. The van der Waals surface area contributed by atoms with Crippen molar-refractivity contribution in [1.82, 2.24) is 5.32 Å². The Morgan fingerprint density at radius 1 is 1.60 bits per heavy atom. The third-order valence-corrected chi connectivity index (χ3v) is 3.29. The molecule has 1 heterocycles. The fraction of sp³-hybridized carbons (Fsp3) is 1.00. The van der Waals surface area contributed by atoms with Gasteiger partial charge in [0, 0.05) is 25.4 Å². The Kier molecular flexibility index (Phi) is 3.52. The van der Waals surface area contributed by atoms with Gasteiger partial charge in [-0.2, -0.15) is 0 Å². The number of hydrogen-bond acceptors (Lipinski definition) is 3. The van der Waals surface area contributed by atoms with Crippen LogP contribution in [-0.4, -0.2) is 30.9 Å². The van der Waals surface area contributed by atoms with Crippen LogP contribution in [0.15, 0.2) is 0 Å². The van der Waals surface area contributed by atoms with Crippen molar-refractivity contribution in [2.24, 2.45) is 0 Å². The number of ether oxygens (including phenoxy) is 1. The first kappa shape index (κ1) is 8.37. The van der Waals surface area contributed by atoms with Gasteiger partial charge >= 0.3 is 0 Å². The third kappa shape index (κ3) is 2.15. The number of rotatable bonds is 2. The second-order valence-corrected chi connectivity index (χ2v) is 3.95. The van der Waals surface area contributed by atoms with Crippen molar-refractivity contribution in [2.45, 2.75) is 24.0 Å². The molecule has 1 saturated heterocycles. The Hall–Kier alpha value is 0.270. The first-order chi connectivity index (χ1) is 4.86. The van der Waals surface area contributed by atoms with Crippen LogP contribution in [0.25, 0.3) is 0 Å². The summed E-state index contributed by atoms with van der Waals surface area (Å²) in [7, 11) is 1.78. The van der Waals surface area contributed by atoms with Crippen molar-refractivity contribution in [2.75, 3.05) is 20.2 Å². The molecule has 0 aromatic heterocycles. The van der Waals surface area contributed by atoms with E-state index in [1.54, 1.807) is 7.11 Å². The highest BCUT2D eigenvalue weighted by Crippen LogP contribution is 2.23. The first-order valence-corrected chi connectivity index (χ1v) is 4.70. The highest BCUT2D eigenvalue weighted by Gasteiger charge is 2.19. The number of nitrogens with one attached hydrogen (secondary N) is 1. The van der Waals surface area contributed by atoms with Crippen LogP contribution in [0, 0.1) is 0 Å². The SMILES string of the molecule is CCC1CNCC(OC)S1. The second-order valence-electron chi connectivity index (χ2n) is 2.49. The van der Waals surface area contributed by atoms with Crippen LogP contribution in [-0.2, 0) is 4.74 Å². The standard InChI is InChI=1S/C7H15NOS/c1-3-6-4-8-5-7(9-2)10-6/h6-8H,3-5H2,1-2H3. The zero-order chi connectivity index (χ0) is 7.40. The van der Waals surface area contributed by atoms with E-state index in [0.717, 1.165) is 18.3 Å². The van der Waals surface area contributed by atoms with Gasteiger partial charge in [0.05, 0.1) is 0 Å². The molecule has 2 atom stereocenters. The van der Waals surface area contributed by atoms with Gasteiger partial charge in [0.15, 0.2) is 0 Å². The van der Waals surface area contributed by atoms with Crippen LogP contribution in [0.5, 0.6) is 0 Å². The minimum Gasteiger partial charge on any atom is -0.369 e. The van der Waals surface area contributed by atoms with Crippen LogP contribution in [0.4, 0.5) is 0 Å². The van der Waals surface area contributed by atoms with Crippen LogP contribution >= 0.6 is 11.8 Å². The summed E-state index contributed by atoms with van der Waals surface area (Å²) in [6.07, 6.45) is 1.23. The molecule has 1 rings (SSSR count). The van der Waals surface area contributed by atoms with E-state index >= 15 is 0 Å². The predicted molar refractivity (Wildman–Crippen MR) is 45.3 cm³/mol. The Morgan fingerprint density at radius 2 is 2.40 bits per heavy atom. The summed E-state index contributed by atoms with van der Waals surface area (Å²) >= 11 is 1.95. The van der Waals surface area contributed by atoms with Crippen molar-refractivity contribution in [3.8, 4) is 0 Å². The lowest BCUT2D eigenvalue weighted by Crippen LogP contribution is -2.38. The molecule has 0 saturated carbocycles. The first-order valence-electron chi connectivity index (χ1n) is 3.75. The molecule has 0 aromatic rings. The normalized spacial score (nSPS) is 34.2. The summed E-state index contributed by atoms with van der Waals surface area (Å²) in [6, 6.07) is 0. The number of thioether (sulfide) groups is 1. The molecule has 1 aliphatic rings. The van der Waals surface area contributed by atoms with E-state index in [2.05, 4.69) is 12.2 Å². The fourth-order valence-electron chi connectivity index (χ4n) is 1.05. The fourth-order valence-corrected chi connectivity index (χ4v) is 2.21. The van der Waals surface area contributed by atoms with E-state index in [0.29, 0.717) is 5.44 Å². The molecule has 0 aromatic carbocycles. The quantitative estimate of drug-likeness (QED) is 0.654. The van der Waals surface area contributed by atoms with Gasteiger partial charge in [-0.05, 0) is 6.42 Å². The van der Waals surface area contributed by atoms with Crippen LogP contribution in [0.2, 0.25) is 0 Å². The molecule has 3 heteroatoms. The minimum atomic E-state index is 0.374. The Morgan fingerprint density at radius 3 is 3.00 bits per heavy atom. The molecule has 1 fully saturated rings. The van der Waals surface area contributed by atoms with Crippen molar-refractivity contribution in [3.05, 3.63) is 0 Å². The Bertz CT molecular complexity index is 89.6. The van der Waals surface area contributed by atoms with Gasteiger partial charge in [-0.3, -0.25) is 0 Å². The molecule has 60 valence electrons. The molecular formula is C7H15NOS. The summed E-state index contributed by atoms with van der Waals surface area (Å²) in [5, 5.41) is 4.09. The summed E-state index contributed by atoms with van der Waals surface area (Å²) in [5.41, 5.74) is 0.374. The summed E-state index contributed by atoms with van der Waals surface area (Å²) in [6.45, 7) is 4.36. The average molecular weight is 161 g/mol. The second kappa shape index (κ2) is 4.21. The maximum atomic E-state index is 5.22. The molecule has 1 N–H and O–H groups in total. The number of methoxy groups -OCH3 is 1. The topological polar surface area (TPSA) is 21.3 Å². The van der Waals surface area contributed by atoms with E-state index in [9.17, 15) is 0 Å². The zero-order valence-electron chi connectivity index (χ0n) is 6.59. The van der Waals surface area contributed by atoms with Crippen LogP contribution in [0.3, 0.4) is 0 Å². The lowest BCUT2D eigenvalue weighted by Gasteiger charge is -2.27. The van der Waals surface area contributed by atoms with Crippen molar-refractivity contribution < 1.29 is 4.74 Å². The minimum absolute atomic E-state index is 0.374. The maximum absolute atomic E-state index is 5.22. The van der Waals surface area contributed by atoms with Gasteiger partial charge in [0.2, 0.25) is 0 Å². The van der Waals surface area contributed by atoms with Gasteiger partial charge < -0.3 is 10.1 Å². The lowest BCUT2D eigenvalue weighted by atomic mass is 10.3. The van der Waals surface area contributed by atoms with Gasteiger partial charge in [0.25, 0.3) is 0 Å². The Labute approximate surface area is 66.7 Å². The Balaban J connectivity index is 2.25. The van der Waals surface area contributed by atoms with Gasteiger partial charge in [0.1, 0.15) is 5.44 Å². The molecule has 2 unspecified atom stereocenters. The van der Waals surface area contributed by atoms with E-state index in [4.69, 9.17) is 4.74 Å². The van der Waals surface area contributed by atoms with E-state index in [1.807, 2.05) is 11.8 Å². The van der Waals surface area contributed by atoms with E-state index < -0.39 is 0 Å². The van der Waals surface area contributed by atoms with Crippen LogP contribution in [0.1, 0.15) is 13.3 Å². The van der Waals surface area contributed by atoms with E-state index in [1.165, 1.54) is 6.42 Å². The largest absolute Gasteiger partial charge is 0.369 e. The molecule has 0 spiro atoms. The van der Waals surface area contributed by atoms with Crippen LogP contribution < -0.4 is 5.32 Å². The maximum Gasteiger partial charge on any atom is 0.115 e. The summed E-state index contributed by atoms with van der Waals surface area (Å²) in [5.74, 6) is 0. The molecule has 1 aliphatic heterocycles. The van der Waals surface area contributed by atoms with Gasteiger partial charge in [-0.1, -0.05) is 6.92 Å². The smallest absolute Gasteiger partial charge is 0.115 e. The molecular weight excluding hydrogens is 146 g/mol. The zero-order valence-corrected chi connectivity index (χ0v) is 7.41. The lowest BCUT2D eigenvalue weighted by molar-refractivity contribution is 0.166. The highest BCUT2D eigenvalue weighted by atomic mass is 32.2. The highest BCUT2D eigenvalue weighted by molar-refractivity contribution is 8.00. The van der Waals surface area contributed by atoms with Gasteiger partial charge in [-0.15, -0.1) is 11.8 Å². The summed E-state index contributed by atoms with van der Waals surface area (Å²) < 4.78 is 5.22. The predicted octanol–water partition coefficient (Wildman–Crippen LogP) is 1.07. The molecule has 0 aliphatic carbocycles. The third-order valence-electron chi connectivity index (χ3n) is 1.75. The van der Waals surface area contributed by atoms with E-state index in [-0.39, 0.29) is 0 Å². The average Bonchev–Trinajstić information content (AvgIpc) is 2.05. The molecule has 10 heavy (non-hydrogen) atoms. The van der Waals surface area contributed by atoms with Gasteiger partial charge in [-0.25, -0.2) is 0 Å². The van der Waals surface area contributed by atoms with Crippen molar-refractivity contribution in [3.63, 3.8) is 0 Å². The molecule has 2 nitrogen and oxygen atoms in total. The summed E-state index contributed by atoms with van der Waals surface area (Å²) in [4.78, 5) is 0. The molecule has 0 amide bonds.